The first kappa shape index (κ1) is 11.8. The lowest BCUT2D eigenvalue weighted by Crippen LogP contribution is -2.14. The van der Waals surface area contributed by atoms with Gasteiger partial charge in [0.15, 0.2) is 0 Å². The molecule has 0 fully saturated rings. The van der Waals surface area contributed by atoms with E-state index >= 15 is 0 Å². The molecule has 0 amide bonds. The van der Waals surface area contributed by atoms with Crippen molar-refractivity contribution in [3.8, 4) is 5.75 Å². The summed E-state index contributed by atoms with van der Waals surface area (Å²) in [4.78, 5) is 5.53. The molecule has 3 heteroatoms. The molecule has 3 rings (SSSR count). The molecule has 2 N–H and O–H groups in total. The molecule has 96 valence electrons. The lowest BCUT2D eigenvalue weighted by atomic mass is 10.1. The molecule has 19 heavy (non-hydrogen) atoms. The van der Waals surface area contributed by atoms with E-state index in [1.54, 1.807) is 12.1 Å². The van der Waals surface area contributed by atoms with Gasteiger partial charge >= 0.3 is 0 Å². The van der Waals surface area contributed by atoms with Crippen LogP contribution in [0.25, 0.3) is 5.70 Å². The second-order valence-electron chi connectivity index (χ2n) is 4.55. The zero-order valence-corrected chi connectivity index (χ0v) is 10.4. The molecule has 0 spiro atoms. The Morgan fingerprint density at radius 3 is 2.53 bits per heavy atom. The van der Waals surface area contributed by atoms with E-state index in [9.17, 15) is 5.11 Å². The first-order valence-corrected chi connectivity index (χ1v) is 6.29. The van der Waals surface area contributed by atoms with Crippen LogP contribution in [0, 0.1) is 0 Å². The summed E-state index contributed by atoms with van der Waals surface area (Å²) in [6, 6.07) is 17.4. The van der Waals surface area contributed by atoms with Crippen molar-refractivity contribution in [2.75, 3.05) is 0 Å². The van der Waals surface area contributed by atoms with Gasteiger partial charge < -0.3 is 5.11 Å². The van der Waals surface area contributed by atoms with E-state index in [0.29, 0.717) is 0 Å². The lowest BCUT2D eigenvalue weighted by Gasteiger charge is -2.07. The Morgan fingerprint density at radius 1 is 1.00 bits per heavy atom. The molecule has 1 atom stereocenters. The number of aromatic hydroxyl groups is 1. The number of phenols is 1. The molecule has 0 bridgehead atoms. The maximum atomic E-state index is 9.81. The van der Waals surface area contributed by atoms with Crippen LogP contribution >= 0.6 is 0 Å². The largest absolute Gasteiger partial charge is 0.507 e. The summed E-state index contributed by atoms with van der Waals surface area (Å²) in [6.45, 7) is 0. The standard InChI is InChI=1S/C16H15NO2/c18-16-9-5-4-8-14(16)15-11-13(19-17-15)10-12-6-2-1-3-7-12/h1-9,11,13,17-18H,10H2. The number of nitrogens with one attached hydrogen (secondary N) is 1. The van der Waals surface area contributed by atoms with E-state index in [-0.39, 0.29) is 11.9 Å². The number of hydroxylamine groups is 1. The highest BCUT2D eigenvalue weighted by molar-refractivity contribution is 5.69. The van der Waals surface area contributed by atoms with Gasteiger partial charge in [-0.05, 0) is 23.8 Å². The summed E-state index contributed by atoms with van der Waals surface area (Å²) in [5.41, 5.74) is 5.69. The van der Waals surface area contributed by atoms with Gasteiger partial charge in [0.2, 0.25) is 0 Å². The van der Waals surface area contributed by atoms with Crippen LogP contribution in [-0.4, -0.2) is 11.2 Å². The molecular formula is C16H15NO2. The average Bonchev–Trinajstić information content (AvgIpc) is 2.89. The zero-order chi connectivity index (χ0) is 13.1. The van der Waals surface area contributed by atoms with Crippen molar-refractivity contribution in [3.63, 3.8) is 0 Å². The molecule has 0 saturated heterocycles. The number of hydrogen-bond acceptors (Lipinski definition) is 3. The Morgan fingerprint density at radius 2 is 1.74 bits per heavy atom. The van der Waals surface area contributed by atoms with Gasteiger partial charge in [-0.25, -0.2) is 0 Å². The molecule has 2 aromatic carbocycles. The molecule has 2 aromatic rings. The van der Waals surface area contributed by atoms with Crippen molar-refractivity contribution < 1.29 is 9.94 Å². The Labute approximate surface area is 112 Å². The fourth-order valence-electron chi connectivity index (χ4n) is 2.19. The van der Waals surface area contributed by atoms with Gasteiger partial charge in [0.1, 0.15) is 11.9 Å². The van der Waals surface area contributed by atoms with Crippen LogP contribution in [0.5, 0.6) is 5.75 Å². The van der Waals surface area contributed by atoms with Crippen LogP contribution in [0.4, 0.5) is 0 Å². The summed E-state index contributed by atoms with van der Waals surface area (Å²) in [6.07, 6.45) is 2.80. The van der Waals surface area contributed by atoms with Gasteiger partial charge in [0.05, 0.1) is 5.70 Å². The summed E-state index contributed by atoms with van der Waals surface area (Å²) in [5, 5.41) is 9.81. The van der Waals surface area contributed by atoms with Crippen molar-refractivity contribution in [2.45, 2.75) is 12.5 Å². The first-order valence-electron chi connectivity index (χ1n) is 6.29. The molecule has 0 radical (unpaired) electrons. The predicted molar refractivity (Wildman–Crippen MR) is 74.2 cm³/mol. The SMILES string of the molecule is Oc1ccccc1C1=CC(Cc2ccccc2)ON1. The fraction of sp³-hybridized carbons (Fsp3) is 0.125. The predicted octanol–water partition coefficient (Wildman–Crippen LogP) is 2.88. The smallest absolute Gasteiger partial charge is 0.124 e. The average molecular weight is 253 g/mol. The Balaban J connectivity index is 1.77. The maximum Gasteiger partial charge on any atom is 0.124 e. The molecule has 0 aliphatic carbocycles. The summed E-state index contributed by atoms with van der Waals surface area (Å²) in [5.74, 6) is 0.255. The second-order valence-corrected chi connectivity index (χ2v) is 4.55. The number of hydrogen-bond donors (Lipinski definition) is 2. The minimum atomic E-state index is -0.0167. The maximum absolute atomic E-state index is 9.81. The Hall–Kier alpha value is -2.26. The quantitative estimate of drug-likeness (QED) is 0.883. The van der Waals surface area contributed by atoms with Crippen LogP contribution in [0.3, 0.4) is 0 Å². The van der Waals surface area contributed by atoms with Crippen LogP contribution in [0.15, 0.2) is 60.7 Å². The molecule has 1 unspecified atom stereocenters. The molecular weight excluding hydrogens is 238 g/mol. The second kappa shape index (κ2) is 5.16. The highest BCUT2D eigenvalue weighted by Gasteiger charge is 2.19. The molecule has 0 aromatic heterocycles. The number of benzene rings is 2. The van der Waals surface area contributed by atoms with E-state index in [4.69, 9.17) is 4.84 Å². The van der Waals surface area contributed by atoms with Crippen LogP contribution in [0.2, 0.25) is 0 Å². The van der Waals surface area contributed by atoms with E-state index < -0.39 is 0 Å². The van der Waals surface area contributed by atoms with E-state index in [1.807, 2.05) is 36.4 Å². The summed E-state index contributed by atoms with van der Waals surface area (Å²) < 4.78 is 0. The first-order chi connectivity index (χ1) is 9.33. The monoisotopic (exact) mass is 253 g/mol. The van der Waals surface area contributed by atoms with Crippen molar-refractivity contribution in [2.24, 2.45) is 0 Å². The van der Waals surface area contributed by atoms with Crippen molar-refractivity contribution in [3.05, 3.63) is 71.8 Å². The molecule has 1 heterocycles. The van der Waals surface area contributed by atoms with Crippen molar-refractivity contribution >= 4 is 5.70 Å². The third-order valence-corrected chi connectivity index (χ3v) is 3.15. The van der Waals surface area contributed by atoms with Gasteiger partial charge in [-0.15, -0.1) is 0 Å². The van der Waals surface area contributed by atoms with Gasteiger partial charge in [-0.2, -0.15) is 0 Å². The summed E-state index contributed by atoms with van der Waals surface area (Å²) in [7, 11) is 0. The van der Waals surface area contributed by atoms with Gasteiger partial charge in [0.25, 0.3) is 0 Å². The van der Waals surface area contributed by atoms with Crippen LogP contribution < -0.4 is 5.48 Å². The zero-order valence-electron chi connectivity index (χ0n) is 10.4. The third kappa shape index (κ3) is 2.61. The minimum Gasteiger partial charge on any atom is -0.507 e. The lowest BCUT2D eigenvalue weighted by molar-refractivity contribution is 0.0519. The molecule has 3 nitrogen and oxygen atoms in total. The number of para-hydroxylation sites is 1. The Kier molecular flexibility index (Phi) is 3.21. The van der Waals surface area contributed by atoms with Gasteiger partial charge in [-0.3, -0.25) is 10.3 Å². The minimum absolute atomic E-state index is 0.0167. The topological polar surface area (TPSA) is 41.5 Å². The van der Waals surface area contributed by atoms with Crippen LogP contribution in [0.1, 0.15) is 11.1 Å². The van der Waals surface area contributed by atoms with Crippen molar-refractivity contribution in [1.29, 1.82) is 0 Å². The molecule has 0 saturated carbocycles. The normalized spacial score (nSPS) is 17.9. The molecule has 1 aliphatic heterocycles. The van der Waals surface area contributed by atoms with Gasteiger partial charge in [-0.1, -0.05) is 42.5 Å². The third-order valence-electron chi connectivity index (χ3n) is 3.15. The van der Waals surface area contributed by atoms with E-state index in [1.165, 1.54) is 5.56 Å². The Bertz CT molecular complexity index is 593. The van der Waals surface area contributed by atoms with E-state index in [2.05, 4.69) is 17.6 Å². The highest BCUT2D eigenvalue weighted by Crippen LogP contribution is 2.27. The fourth-order valence-corrected chi connectivity index (χ4v) is 2.19. The number of phenolic OH excluding ortho intramolecular Hbond substituents is 1. The summed E-state index contributed by atoms with van der Waals surface area (Å²) >= 11 is 0. The highest BCUT2D eigenvalue weighted by atomic mass is 16.7. The van der Waals surface area contributed by atoms with E-state index in [0.717, 1.165) is 17.7 Å². The number of rotatable bonds is 3. The molecule has 1 aliphatic rings. The van der Waals surface area contributed by atoms with Crippen LogP contribution in [-0.2, 0) is 11.3 Å². The van der Waals surface area contributed by atoms with Gasteiger partial charge in [0, 0.05) is 12.0 Å². The van der Waals surface area contributed by atoms with Crippen molar-refractivity contribution in [1.82, 2.24) is 5.48 Å².